The van der Waals surface area contributed by atoms with E-state index in [1.54, 1.807) is 6.20 Å². The number of aromatic nitrogens is 2. The predicted octanol–water partition coefficient (Wildman–Crippen LogP) is 5.74. The third-order valence-electron chi connectivity index (χ3n) is 7.81. The lowest BCUT2D eigenvalue weighted by Gasteiger charge is -2.39. The average molecular weight is 445 g/mol. The molecule has 1 unspecified atom stereocenters. The smallest absolute Gasteiger partial charge is 0.231 e. The number of nitrogens with one attached hydrogen (secondary N) is 1. The Bertz CT molecular complexity index is 1050. The van der Waals surface area contributed by atoms with Crippen LogP contribution in [-0.2, 0) is 4.79 Å². The molecule has 1 aromatic carbocycles. The Labute approximate surface area is 197 Å². The van der Waals surface area contributed by atoms with Crippen molar-refractivity contribution in [3.8, 4) is 0 Å². The van der Waals surface area contributed by atoms with Gasteiger partial charge in [0.15, 0.2) is 0 Å². The maximum atomic E-state index is 13.5. The van der Waals surface area contributed by atoms with Crippen LogP contribution in [0.15, 0.2) is 54.9 Å². The number of hydrogen-bond acceptors (Lipinski definition) is 3. The molecule has 2 aromatic heterocycles. The van der Waals surface area contributed by atoms with Crippen molar-refractivity contribution in [1.29, 1.82) is 0 Å². The Morgan fingerprint density at radius 3 is 2.64 bits per heavy atom. The minimum Gasteiger partial charge on any atom is -0.361 e. The molecule has 1 aliphatic carbocycles. The topological polar surface area (TPSA) is 52.2 Å². The summed E-state index contributed by atoms with van der Waals surface area (Å²) in [7, 11) is 0. The van der Waals surface area contributed by atoms with Gasteiger partial charge in [-0.15, -0.1) is 0 Å². The van der Waals surface area contributed by atoms with Crippen LogP contribution >= 0.6 is 0 Å². The number of carbonyl (C=O) groups excluding carboxylic acids is 1. The minimum absolute atomic E-state index is 0.153. The lowest BCUT2D eigenvalue weighted by molar-refractivity contribution is -0.123. The van der Waals surface area contributed by atoms with Gasteiger partial charge in [-0.25, -0.2) is 4.98 Å². The number of rotatable bonds is 6. The van der Waals surface area contributed by atoms with Crippen LogP contribution in [0, 0.1) is 5.92 Å². The van der Waals surface area contributed by atoms with Gasteiger partial charge < -0.3 is 4.98 Å². The van der Waals surface area contributed by atoms with Crippen molar-refractivity contribution < 1.29 is 4.79 Å². The third-order valence-corrected chi connectivity index (χ3v) is 7.81. The Kier molecular flexibility index (Phi) is 6.77. The highest BCUT2D eigenvalue weighted by Gasteiger charge is 2.31. The van der Waals surface area contributed by atoms with E-state index in [4.69, 9.17) is 0 Å². The summed E-state index contributed by atoms with van der Waals surface area (Å²) in [6.45, 7) is 5.13. The Hall–Kier alpha value is -2.66. The molecule has 1 saturated heterocycles. The van der Waals surface area contributed by atoms with Crippen molar-refractivity contribution >= 4 is 22.6 Å². The molecule has 33 heavy (non-hydrogen) atoms. The van der Waals surface area contributed by atoms with Gasteiger partial charge in [-0.05, 0) is 81.4 Å². The van der Waals surface area contributed by atoms with E-state index in [-0.39, 0.29) is 11.8 Å². The predicted molar refractivity (Wildman–Crippen MR) is 134 cm³/mol. The number of likely N-dealkylation sites (tertiary alicyclic amines) is 1. The molecule has 1 N–H and O–H groups in total. The second-order valence-electron chi connectivity index (χ2n) is 9.92. The molecule has 1 atom stereocenters. The van der Waals surface area contributed by atoms with Gasteiger partial charge >= 0.3 is 0 Å². The lowest BCUT2D eigenvalue weighted by Crippen LogP contribution is -2.49. The van der Waals surface area contributed by atoms with E-state index >= 15 is 0 Å². The maximum absolute atomic E-state index is 13.5. The molecule has 5 nitrogen and oxygen atoms in total. The van der Waals surface area contributed by atoms with E-state index in [0.717, 1.165) is 44.6 Å². The van der Waals surface area contributed by atoms with Gasteiger partial charge in [0.25, 0.3) is 0 Å². The number of H-pyrrole nitrogens is 1. The van der Waals surface area contributed by atoms with Crippen LogP contribution in [0.5, 0.6) is 0 Å². The third kappa shape index (κ3) is 4.84. The molecule has 1 amide bonds. The number of aromatic amines is 1. The number of hydrogen-bond donors (Lipinski definition) is 1. The summed E-state index contributed by atoms with van der Waals surface area (Å²) in [4.78, 5) is 26.0. The zero-order chi connectivity index (χ0) is 22.6. The molecule has 2 fully saturated rings. The fraction of sp³-hybridized carbons (Fsp3) is 0.500. The van der Waals surface area contributed by atoms with Crippen LogP contribution in [0.1, 0.15) is 63.4 Å². The second kappa shape index (κ2) is 10.1. The van der Waals surface area contributed by atoms with Crippen LogP contribution in [0.4, 0.5) is 5.82 Å². The second-order valence-corrected chi connectivity index (χ2v) is 9.92. The summed E-state index contributed by atoms with van der Waals surface area (Å²) in [5.74, 6) is 1.83. The highest BCUT2D eigenvalue weighted by Crippen LogP contribution is 2.34. The quantitative estimate of drug-likeness (QED) is 0.527. The number of anilines is 1. The summed E-state index contributed by atoms with van der Waals surface area (Å²) >= 11 is 0. The van der Waals surface area contributed by atoms with Crippen molar-refractivity contribution in [3.05, 3.63) is 60.4 Å². The van der Waals surface area contributed by atoms with E-state index in [2.05, 4.69) is 46.1 Å². The number of pyridine rings is 1. The van der Waals surface area contributed by atoms with E-state index in [1.807, 2.05) is 29.3 Å². The summed E-state index contributed by atoms with van der Waals surface area (Å²) in [6, 6.07) is 15.0. The monoisotopic (exact) mass is 444 g/mol. The van der Waals surface area contributed by atoms with Crippen molar-refractivity contribution in [1.82, 2.24) is 14.9 Å². The van der Waals surface area contributed by atoms with Gasteiger partial charge in [0, 0.05) is 41.8 Å². The summed E-state index contributed by atoms with van der Waals surface area (Å²) in [6.07, 6.45) is 11.8. The molecule has 0 radical (unpaired) electrons. The first-order valence-corrected chi connectivity index (χ1v) is 12.7. The molecule has 1 saturated carbocycles. The van der Waals surface area contributed by atoms with Gasteiger partial charge in [0.2, 0.25) is 5.91 Å². The van der Waals surface area contributed by atoms with Gasteiger partial charge in [-0.1, -0.05) is 37.5 Å². The number of benzene rings is 1. The summed E-state index contributed by atoms with van der Waals surface area (Å²) < 4.78 is 0. The zero-order valence-electron chi connectivity index (χ0n) is 19.7. The molecule has 5 rings (SSSR count). The normalized spacial score (nSPS) is 19.5. The van der Waals surface area contributed by atoms with Gasteiger partial charge in [-0.3, -0.25) is 14.6 Å². The Morgan fingerprint density at radius 1 is 1.06 bits per heavy atom. The van der Waals surface area contributed by atoms with Crippen LogP contribution in [0.3, 0.4) is 0 Å². The van der Waals surface area contributed by atoms with Gasteiger partial charge in [0.1, 0.15) is 5.82 Å². The molecular weight excluding hydrogens is 408 g/mol. The van der Waals surface area contributed by atoms with Crippen molar-refractivity contribution in [2.45, 2.75) is 63.8 Å². The number of fused-ring (bicyclic) bond motifs is 1. The fourth-order valence-corrected chi connectivity index (χ4v) is 5.88. The summed E-state index contributed by atoms with van der Waals surface area (Å²) in [5, 5.41) is 1.36. The highest BCUT2D eigenvalue weighted by atomic mass is 16.2. The van der Waals surface area contributed by atoms with Gasteiger partial charge in [0.05, 0.1) is 0 Å². The standard InChI is InChI=1S/C28H36N4O/c1-21(20-32(27-12-5-6-16-30-27)28(33)23-8-3-2-4-9-23)31-18-14-22(15-19-31)24-10-7-11-26-25(24)13-17-29-26/h5-7,10-13,16-17,21-23,29H,2-4,8-9,14-15,18-20H2,1H3. The molecule has 1 aliphatic heterocycles. The Balaban J connectivity index is 1.25. The first-order chi connectivity index (χ1) is 16.2. The molecule has 2 aliphatic rings. The first-order valence-electron chi connectivity index (χ1n) is 12.7. The SMILES string of the molecule is CC(CN(C(=O)C1CCCCC1)c1ccccn1)N1CCC(c2cccc3[nH]ccc23)CC1. The number of piperidine rings is 1. The molecule has 3 heterocycles. The maximum Gasteiger partial charge on any atom is 0.231 e. The number of carbonyl (C=O) groups is 1. The molecule has 5 heteroatoms. The zero-order valence-corrected chi connectivity index (χ0v) is 19.7. The molecule has 0 spiro atoms. The van der Waals surface area contributed by atoms with Crippen LogP contribution < -0.4 is 4.90 Å². The minimum atomic E-state index is 0.153. The molecular formula is C28H36N4O. The fourth-order valence-electron chi connectivity index (χ4n) is 5.88. The first kappa shape index (κ1) is 22.1. The van der Waals surface area contributed by atoms with E-state index < -0.39 is 0 Å². The Morgan fingerprint density at radius 2 is 1.88 bits per heavy atom. The molecule has 3 aromatic rings. The average Bonchev–Trinajstić information content (AvgIpc) is 3.37. The largest absolute Gasteiger partial charge is 0.361 e. The van der Waals surface area contributed by atoms with E-state index in [9.17, 15) is 4.79 Å². The highest BCUT2D eigenvalue weighted by molar-refractivity contribution is 5.94. The molecule has 174 valence electrons. The van der Waals surface area contributed by atoms with Crippen LogP contribution in [0.25, 0.3) is 10.9 Å². The number of amides is 1. The molecule has 0 bridgehead atoms. The van der Waals surface area contributed by atoms with Crippen molar-refractivity contribution in [2.75, 3.05) is 24.5 Å². The van der Waals surface area contributed by atoms with Crippen LogP contribution in [-0.4, -0.2) is 46.5 Å². The van der Waals surface area contributed by atoms with Gasteiger partial charge in [-0.2, -0.15) is 0 Å². The summed E-state index contributed by atoms with van der Waals surface area (Å²) in [5.41, 5.74) is 2.71. The van der Waals surface area contributed by atoms with E-state index in [0.29, 0.717) is 18.5 Å². The van der Waals surface area contributed by atoms with Crippen molar-refractivity contribution in [2.24, 2.45) is 5.92 Å². The van der Waals surface area contributed by atoms with Crippen molar-refractivity contribution in [3.63, 3.8) is 0 Å². The van der Waals surface area contributed by atoms with Crippen LogP contribution in [0.2, 0.25) is 0 Å². The van der Waals surface area contributed by atoms with E-state index in [1.165, 1.54) is 35.7 Å². The lowest BCUT2D eigenvalue weighted by atomic mass is 9.87. The number of nitrogens with zero attached hydrogens (tertiary/aromatic N) is 3.